The molecule has 4 rings (SSSR count). The number of hydrogen-bond acceptors (Lipinski definition) is 6. The molecule has 2 aliphatic heterocycles. The van der Waals surface area contributed by atoms with Gasteiger partial charge in [-0.25, -0.2) is 4.98 Å². The summed E-state index contributed by atoms with van der Waals surface area (Å²) in [7, 11) is 0. The Balaban J connectivity index is 1.36. The molecular formula is C20H24N4O3S. The molecule has 0 unspecified atom stereocenters. The first-order valence-corrected chi connectivity index (χ1v) is 10.5. The molecule has 8 heteroatoms. The maximum atomic E-state index is 12.7. The van der Waals surface area contributed by atoms with Crippen LogP contribution in [0.5, 0.6) is 0 Å². The van der Waals surface area contributed by atoms with Crippen molar-refractivity contribution < 1.29 is 14.3 Å². The Hall–Kier alpha value is -2.45. The molecule has 0 saturated carbocycles. The van der Waals surface area contributed by atoms with Gasteiger partial charge in [0, 0.05) is 32.4 Å². The second-order valence-corrected chi connectivity index (χ2v) is 7.92. The van der Waals surface area contributed by atoms with Gasteiger partial charge in [-0.05, 0) is 42.0 Å². The van der Waals surface area contributed by atoms with E-state index in [4.69, 9.17) is 4.74 Å². The number of carbonyl (C=O) groups is 2. The van der Waals surface area contributed by atoms with Crippen molar-refractivity contribution in [3.05, 3.63) is 46.3 Å². The lowest BCUT2D eigenvalue weighted by Gasteiger charge is -2.28. The van der Waals surface area contributed by atoms with Crippen molar-refractivity contribution in [1.29, 1.82) is 0 Å². The Bertz CT molecular complexity index is 821. The summed E-state index contributed by atoms with van der Waals surface area (Å²) in [5.41, 5.74) is 0.999. The van der Waals surface area contributed by atoms with Gasteiger partial charge in [0.25, 0.3) is 5.91 Å². The van der Waals surface area contributed by atoms with Crippen LogP contribution in [0.3, 0.4) is 0 Å². The lowest BCUT2D eigenvalue weighted by molar-refractivity contribution is -0.125. The number of carbonyl (C=O) groups excluding carboxylic acids is 2. The van der Waals surface area contributed by atoms with Crippen molar-refractivity contribution >= 4 is 29.0 Å². The summed E-state index contributed by atoms with van der Waals surface area (Å²) in [6.07, 6.45) is 3.33. The molecule has 2 aliphatic rings. The first-order chi connectivity index (χ1) is 13.7. The van der Waals surface area contributed by atoms with Crippen LogP contribution in [0.2, 0.25) is 0 Å². The molecule has 0 radical (unpaired) electrons. The fourth-order valence-corrected chi connectivity index (χ4v) is 4.35. The number of amides is 2. The fraction of sp³-hybridized carbons (Fsp3) is 0.450. The first kappa shape index (κ1) is 18.9. The number of morpholine rings is 1. The molecule has 0 aliphatic carbocycles. The molecule has 2 amide bonds. The number of thiophene rings is 1. The average Bonchev–Trinajstić information content (AvgIpc) is 3.44. The zero-order valence-electron chi connectivity index (χ0n) is 15.7. The highest BCUT2D eigenvalue weighted by Gasteiger charge is 2.34. The van der Waals surface area contributed by atoms with Gasteiger partial charge < -0.3 is 19.9 Å². The third kappa shape index (κ3) is 4.18. The molecule has 1 atom stereocenters. The number of rotatable bonds is 5. The van der Waals surface area contributed by atoms with E-state index < -0.39 is 6.04 Å². The highest BCUT2D eigenvalue weighted by molar-refractivity contribution is 7.12. The van der Waals surface area contributed by atoms with Crippen molar-refractivity contribution in [3.63, 3.8) is 0 Å². The molecule has 7 nitrogen and oxygen atoms in total. The van der Waals surface area contributed by atoms with Crippen LogP contribution in [0.25, 0.3) is 0 Å². The monoisotopic (exact) mass is 400 g/mol. The molecule has 28 heavy (non-hydrogen) atoms. The first-order valence-electron chi connectivity index (χ1n) is 9.62. The summed E-state index contributed by atoms with van der Waals surface area (Å²) in [6.45, 7) is 4.12. The van der Waals surface area contributed by atoms with Crippen LogP contribution >= 0.6 is 11.3 Å². The minimum atomic E-state index is -0.393. The molecule has 2 aromatic rings. The van der Waals surface area contributed by atoms with Gasteiger partial charge in [-0.15, -0.1) is 11.3 Å². The Morgan fingerprint density at radius 2 is 2.11 bits per heavy atom. The molecular weight excluding hydrogens is 376 g/mol. The Kier molecular flexibility index (Phi) is 5.87. The van der Waals surface area contributed by atoms with Crippen LogP contribution in [0.4, 0.5) is 5.82 Å². The number of aromatic nitrogens is 1. The number of hydrogen-bond donors (Lipinski definition) is 1. The van der Waals surface area contributed by atoms with Crippen molar-refractivity contribution in [1.82, 2.24) is 15.2 Å². The Morgan fingerprint density at radius 1 is 1.25 bits per heavy atom. The Labute approximate surface area is 168 Å². The Morgan fingerprint density at radius 3 is 2.89 bits per heavy atom. The van der Waals surface area contributed by atoms with Crippen molar-refractivity contribution in [2.24, 2.45) is 0 Å². The standard InChI is InChI=1S/C20H24N4O3S/c25-19(16-3-1-7-24(16)20(26)17-4-2-12-28-17)22-14-15-5-6-21-18(13-15)23-8-10-27-11-9-23/h2,4-6,12-13,16H,1,3,7-11,14H2,(H,22,25)/t16-/m0/s1. The van der Waals surface area contributed by atoms with Gasteiger partial charge in [-0.1, -0.05) is 6.07 Å². The van der Waals surface area contributed by atoms with E-state index in [1.807, 2.05) is 29.6 Å². The van der Waals surface area contributed by atoms with E-state index in [1.54, 1.807) is 11.1 Å². The predicted molar refractivity (Wildman–Crippen MR) is 107 cm³/mol. The number of anilines is 1. The summed E-state index contributed by atoms with van der Waals surface area (Å²) in [5, 5.41) is 4.88. The lowest BCUT2D eigenvalue weighted by atomic mass is 10.2. The van der Waals surface area contributed by atoms with E-state index in [1.165, 1.54) is 11.3 Å². The molecule has 0 spiro atoms. The van der Waals surface area contributed by atoms with Crippen LogP contribution in [-0.2, 0) is 16.1 Å². The van der Waals surface area contributed by atoms with Crippen molar-refractivity contribution in [3.8, 4) is 0 Å². The maximum absolute atomic E-state index is 12.7. The minimum Gasteiger partial charge on any atom is -0.378 e. The van der Waals surface area contributed by atoms with E-state index in [2.05, 4.69) is 15.2 Å². The van der Waals surface area contributed by atoms with Crippen LogP contribution < -0.4 is 10.2 Å². The van der Waals surface area contributed by atoms with Crippen LogP contribution in [-0.4, -0.2) is 60.6 Å². The molecule has 2 fully saturated rings. The summed E-state index contributed by atoms with van der Waals surface area (Å²) < 4.78 is 5.39. The van der Waals surface area contributed by atoms with Gasteiger partial charge in [-0.3, -0.25) is 9.59 Å². The number of pyridine rings is 1. The normalized spacial score (nSPS) is 19.6. The zero-order valence-corrected chi connectivity index (χ0v) is 16.5. The molecule has 2 saturated heterocycles. The number of nitrogens with one attached hydrogen (secondary N) is 1. The van der Waals surface area contributed by atoms with E-state index in [-0.39, 0.29) is 11.8 Å². The smallest absolute Gasteiger partial charge is 0.264 e. The van der Waals surface area contributed by atoms with Crippen LogP contribution in [0.1, 0.15) is 28.1 Å². The molecule has 4 heterocycles. The van der Waals surface area contributed by atoms with Gasteiger partial charge in [0.15, 0.2) is 0 Å². The molecule has 148 valence electrons. The van der Waals surface area contributed by atoms with Gasteiger partial charge >= 0.3 is 0 Å². The summed E-state index contributed by atoms with van der Waals surface area (Å²) >= 11 is 1.41. The molecule has 0 bridgehead atoms. The largest absolute Gasteiger partial charge is 0.378 e. The quantitative estimate of drug-likeness (QED) is 0.830. The van der Waals surface area contributed by atoms with Gasteiger partial charge in [0.1, 0.15) is 11.9 Å². The third-order valence-corrected chi connectivity index (χ3v) is 6.02. The lowest BCUT2D eigenvalue weighted by Crippen LogP contribution is -2.45. The van der Waals surface area contributed by atoms with Gasteiger partial charge in [0.2, 0.25) is 5.91 Å². The summed E-state index contributed by atoms with van der Waals surface area (Å²) in [5.74, 6) is 0.767. The van der Waals surface area contributed by atoms with Gasteiger partial charge in [-0.2, -0.15) is 0 Å². The van der Waals surface area contributed by atoms with Crippen molar-refractivity contribution in [2.75, 3.05) is 37.7 Å². The highest BCUT2D eigenvalue weighted by atomic mass is 32.1. The van der Waals surface area contributed by atoms with E-state index in [0.29, 0.717) is 37.6 Å². The summed E-state index contributed by atoms with van der Waals surface area (Å²) in [4.78, 5) is 34.4. The fourth-order valence-electron chi connectivity index (χ4n) is 3.67. The van der Waals surface area contributed by atoms with E-state index >= 15 is 0 Å². The maximum Gasteiger partial charge on any atom is 0.264 e. The average molecular weight is 401 g/mol. The SMILES string of the molecule is O=C(NCc1ccnc(N2CCOCC2)c1)[C@@H]1CCCN1C(=O)c1cccs1. The second kappa shape index (κ2) is 8.70. The van der Waals surface area contributed by atoms with Crippen LogP contribution in [0, 0.1) is 0 Å². The van der Waals surface area contributed by atoms with Crippen molar-refractivity contribution in [2.45, 2.75) is 25.4 Å². The molecule has 1 N–H and O–H groups in total. The zero-order chi connectivity index (χ0) is 19.3. The molecule has 0 aromatic carbocycles. The van der Waals surface area contributed by atoms with E-state index in [0.717, 1.165) is 30.9 Å². The van der Waals surface area contributed by atoms with Gasteiger partial charge in [0.05, 0.1) is 18.1 Å². The third-order valence-electron chi connectivity index (χ3n) is 5.16. The minimum absolute atomic E-state index is 0.0498. The molecule has 2 aromatic heterocycles. The van der Waals surface area contributed by atoms with Crippen LogP contribution in [0.15, 0.2) is 35.8 Å². The topological polar surface area (TPSA) is 74.8 Å². The number of ether oxygens (including phenoxy) is 1. The predicted octanol–water partition coefficient (Wildman–Crippen LogP) is 1.90. The highest BCUT2D eigenvalue weighted by Crippen LogP contribution is 2.22. The van der Waals surface area contributed by atoms with E-state index in [9.17, 15) is 9.59 Å². The summed E-state index contributed by atoms with van der Waals surface area (Å²) in [6, 6.07) is 7.20. The number of nitrogens with zero attached hydrogens (tertiary/aromatic N) is 3. The number of likely N-dealkylation sites (tertiary alicyclic amines) is 1. The second-order valence-electron chi connectivity index (χ2n) is 6.97.